The van der Waals surface area contributed by atoms with E-state index in [1.165, 1.54) is 54.9 Å². The molecule has 0 saturated heterocycles. The van der Waals surface area contributed by atoms with Gasteiger partial charge in [0.2, 0.25) is 10.0 Å². The molecule has 12 heteroatoms. The number of rotatable bonds is 10. The highest BCUT2D eigenvalue weighted by molar-refractivity contribution is 7.89. The van der Waals surface area contributed by atoms with Crippen LogP contribution in [0.2, 0.25) is 0 Å². The van der Waals surface area contributed by atoms with Crippen LogP contribution in [-0.4, -0.2) is 36.7 Å². The van der Waals surface area contributed by atoms with Gasteiger partial charge in [-0.1, -0.05) is 36.4 Å². The first-order valence-corrected chi connectivity index (χ1v) is 14.7. The second kappa shape index (κ2) is 12.5. The van der Waals surface area contributed by atoms with Crippen LogP contribution in [0, 0.1) is 5.82 Å². The number of halogens is 4. The zero-order chi connectivity index (χ0) is 31.5. The van der Waals surface area contributed by atoms with Crippen LogP contribution in [0.5, 0.6) is 11.5 Å². The molecule has 5 aromatic rings. The summed E-state index contributed by atoms with van der Waals surface area (Å²) in [5.41, 5.74) is 0.858. The van der Waals surface area contributed by atoms with Crippen LogP contribution in [0.15, 0.2) is 108 Å². The Hall–Kier alpha value is -4.68. The maximum absolute atomic E-state index is 14.0. The molecule has 1 aromatic heterocycles. The Bertz CT molecular complexity index is 1770. The lowest BCUT2D eigenvalue weighted by Crippen LogP contribution is -2.30. The smallest absolute Gasteiger partial charge is 0.435 e. The number of hydrogen-bond donors (Lipinski definition) is 0. The maximum Gasteiger partial charge on any atom is 0.435 e. The Morgan fingerprint density at radius 1 is 0.750 bits per heavy atom. The molecule has 0 amide bonds. The first-order chi connectivity index (χ1) is 21.0. The van der Waals surface area contributed by atoms with Gasteiger partial charge < -0.3 is 9.47 Å². The quantitative estimate of drug-likeness (QED) is 0.155. The number of aromatic nitrogens is 2. The van der Waals surface area contributed by atoms with Crippen LogP contribution in [-0.2, 0) is 29.3 Å². The predicted molar refractivity (Wildman–Crippen MR) is 156 cm³/mol. The summed E-state index contributed by atoms with van der Waals surface area (Å²) in [5.74, 6) is 0.701. The van der Waals surface area contributed by atoms with Crippen LogP contribution < -0.4 is 9.47 Å². The number of ether oxygens (including phenoxy) is 2. The van der Waals surface area contributed by atoms with Crippen molar-refractivity contribution < 1.29 is 35.5 Å². The zero-order valence-corrected chi connectivity index (χ0v) is 24.4. The van der Waals surface area contributed by atoms with Gasteiger partial charge in [-0.15, -0.1) is 0 Å². The summed E-state index contributed by atoms with van der Waals surface area (Å²) in [6, 6.07) is 25.3. The minimum Gasteiger partial charge on any atom is -0.497 e. The van der Waals surface area contributed by atoms with Crippen molar-refractivity contribution in [2.75, 3.05) is 14.2 Å². The maximum atomic E-state index is 14.0. The number of methoxy groups -OCH3 is 2. The van der Waals surface area contributed by atoms with E-state index in [1.807, 2.05) is 0 Å². The Labute approximate surface area is 252 Å². The summed E-state index contributed by atoms with van der Waals surface area (Å²) in [4.78, 5) is -0.0489. The van der Waals surface area contributed by atoms with E-state index in [0.717, 1.165) is 34.0 Å². The van der Waals surface area contributed by atoms with Gasteiger partial charge in [0, 0.05) is 18.7 Å². The van der Waals surface area contributed by atoms with Crippen LogP contribution in [0.25, 0.3) is 16.9 Å². The second-order valence-corrected chi connectivity index (χ2v) is 11.7. The summed E-state index contributed by atoms with van der Waals surface area (Å²) in [7, 11) is -1.01. The average Bonchev–Trinajstić information content (AvgIpc) is 3.48. The molecule has 0 saturated carbocycles. The molecule has 0 spiro atoms. The fourth-order valence-corrected chi connectivity index (χ4v) is 5.96. The molecule has 0 fully saturated rings. The van der Waals surface area contributed by atoms with Crippen molar-refractivity contribution in [3.05, 3.63) is 126 Å². The summed E-state index contributed by atoms with van der Waals surface area (Å²) in [5, 5.41) is 3.70. The number of benzene rings is 4. The van der Waals surface area contributed by atoms with E-state index in [4.69, 9.17) is 9.47 Å². The molecule has 5 rings (SSSR count). The average molecular weight is 626 g/mol. The molecule has 0 unspecified atom stereocenters. The first-order valence-electron chi connectivity index (χ1n) is 13.3. The van der Waals surface area contributed by atoms with Crippen molar-refractivity contribution in [1.82, 2.24) is 14.1 Å². The monoisotopic (exact) mass is 625 g/mol. The highest BCUT2D eigenvalue weighted by atomic mass is 32.2. The molecule has 0 N–H and O–H groups in total. The van der Waals surface area contributed by atoms with Gasteiger partial charge in [-0.2, -0.15) is 22.6 Å². The fraction of sp³-hybridized carbons (Fsp3) is 0.156. The number of sulfonamides is 1. The molecule has 4 aromatic carbocycles. The third kappa shape index (κ3) is 6.76. The van der Waals surface area contributed by atoms with Crippen LogP contribution >= 0.6 is 0 Å². The zero-order valence-electron chi connectivity index (χ0n) is 23.6. The second-order valence-electron chi connectivity index (χ2n) is 9.79. The van der Waals surface area contributed by atoms with Crippen LogP contribution in [0.1, 0.15) is 16.8 Å². The summed E-state index contributed by atoms with van der Waals surface area (Å²) in [6.45, 7) is 0.0960. The van der Waals surface area contributed by atoms with Crippen molar-refractivity contribution in [2.24, 2.45) is 0 Å². The van der Waals surface area contributed by atoms with E-state index in [0.29, 0.717) is 11.5 Å². The van der Waals surface area contributed by atoms with Gasteiger partial charge in [0.15, 0.2) is 5.69 Å². The lowest BCUT2D eigenvalue weighted by atomic mass is 10.1. The molecule has 1 heterocycles. The molecule has 0 bridgehead atoms. The fourth-order valence-electron chi connectivity index (χ4n) is 4.55. The highest BCUT2D eigenvalue weighted by Gasteiger charge is 2.35. The standard InChI is InChI=1S/C32H27F4N3O4S/c1-42-27-13-3-22(4-14-27)20-38(21-23-5-15-28(43-2)16-6-23)44(40,41)29-17-7-24(8-18-29)30-19-31(32(34,35)36)37-39(30)26-11-9-25(33)10-12-26/h3-19H,20-21H2,1-2H3. The van der Waals surface area contributed by atoms with Gasteiger partial charge in [0.25, 0.3) is 0 Å². The van der Waals surface area contributed by atoms with E-state index >= 15 is 0 Å². The number of nitrogens with zero attached hydrogens (tertiary/aromatic N) is 3. The lowest BCUT2D eigenvalue weighted by Gasteiger charge is -2.23. The molecule has 228 valence electrons. The Morgan fingerprint density at radius 3 is 1.70 bits per heavy atom. The van der Waals surface area contributed by atoms with Gasteiger partial charge in [-0.05, 0) is 77.9 Å². The van der Waals surface area contributed by atoms with Gasteiger partial charge in [0.05, 0.1) is 30.5 Å². The Balaban J connectivity index is 1.50. The molecular weight excluding hydrogens is 598 g/mol. The summed E-state index contributed by atoms with van der Waals surface area (Å²) < 4.78 is 95.0. The summed E-state index contributed by atoms with van der Waals surface area (Å²) >= 11 is 0. The SMILES string of the molecule is COc1ccc(CN(Cc2ccc(OC)cc2)S(=O)(=O)c2ccc(-c3cc(C(F)(F)F)nn3-c3ccc(F)cc3)cc2)cc1. The largest absolute Gasteiger partial charge is 0.497 e. The van der Waals surface area contributed by atoms with E-state index < -0.39 is 27.7 Å². The highest BCUT2D eigenvalue weighted by Crippen LogP contribution is 2.34. The van der Waals surface area contributed by atoms with Crippen LogP contribution in [0.4, 0.5) is 17.6 Å². The Morgan fingerprint density at radius 2 is 1.25 bits per heavy atom. The predicted octanol–water partition coefficient (Wildman–Crippen LogP) is 7.11. The Kier molecular flexibility index (Phi) is 8.75. The van der Waals surface area contributed by atoms with Crippen LogP contribution in [0.3, 0.4) is 0 Å². The van der Waals surface area contributed by atoms with E-state index in [1.54, 1.807) is 48.5 Å². The molecule has 0 radical (unpaired) electrons. The molecule has 0 aliphatic rings. The first kappa shape index (κ1) is 30.8. The molecule has 0 aliphatic heterocycles. The van der Waals surface area contributed by atoms with Gasteiger partial charge in [0.1, 0.15) is 17.3 Å². The lowest BCUT2D eigenvalue weighted by molar-refractivity contribution is -0.141. The number of alkyl halides is 3. The van der Waals surface area contributed by atoms with Gasteiger partial charge in [-0.25, -0.2) is 17.5 Å². The number of hydrogen-bond acceptors (Lipinski definition) is 5. The van der Waals surface area contributed by atoms with Crippen molar-refractivity contribution in [1.29, 1.82) is 0 Å². The summed E-state index contributed by atoms with van der Waals surface area (Å²) in [6.07, 6.45) is -4.73. The van der Waals surface area contributed by atoms with E-state index in [-0.39, 0.29) is 34.9 Å². The van der Waals surface area contributed by atoms with Crippen molar-refractivity contribution in [3.8, 4) is 28.4 Å². The van der Waals surface area contributed by atoms with E-state index in [2.05, 4.69) is 5.10 Å². The topological polar surface area (TPSA) is 73.7 Å². The van der Waals surface area contributed by atoms with Gasteiger partial charge in [-0.3, -0.25) is 0 Å². The minimum absolute atomic E-state index is 0.0480. The molecule has 44 heavy (non-hydrogen) atoms. The van der Waals surface area contributed by atoms with E-state index in [9.17, 15) is 26.0 Å². The molecule has 0 aliphatic carbocycles. The third-order valence-electron chi connectivity index (χ3n) is 6.89. The molecule has 7 nitrogen and oxygen atoms in total. The van der Waals surface area contributed by atoms with Crippen molar-refractivity contribution >= 4 is 10.0 Å². The normalized spacial score (nSPS) is 12.0. The van der Waals surface area contributed by atoms with Crippen molar-refractivity contribution in [3.63, 3.8) is 0 Å². The van der Waals surface area contributed by atoms with Crippen molar-refractivity contribution in [2.45, 2.75) is 24.2 Å². The molecular formula is C32H27F4N3O4S. The minimum atomic E-state index is -4.73. The van der Waals surface area contributed by atoms with Gasteiger partial charge >= 0.3 is 6.18 Å². The molecule has 0 atom stereocenters. The third-order valence-corrected chi connectivity index (χ3v) is 8.70.